The summed E-state index contributed by atoms with van der Waals surface area (Å²) in [7, 11) is 1.34. The summed E-state index contributed by atoms with van der Waals surface area (Å²) in [6.07, 6.45) is 0.482. The molecular weight excluding hydrogens is 442 g/mol. The van der Waals surface area contributed by atoms with Gasteiger partial charge in [0, 0.05) is 16.9 Å². The van der Waals surface area contributed by atoms with Crippen molar-refractivity contribution in [2.45, 2.75) is 39.3 Å². The number of methoxy groups -OCH3 is 1. The maximum absolute atomic E-state index is 13.0. The number of nitrogens with one attached hydrogen (secondary N) is 2. The van der Waals surface area contributed by atoms with Crippen LogP contribution in [-0.4, -0.2) is 36.0 Å². The first-order chi connectivity index (χ1) is 16.8. The maximum atomic E-state index is 13.0. The third-order valence-corrected chi connectivity index (χ3v) is 6.37. The number of esters is 1. The highest BCUT2D eigenvalue weighted by Gasteiger charge is 2.41. The lowest BCUT2D eigenvalue weighted by molar-refractivity contribution is -0.146. The summed E-state index contributed by atoms with van der Waals surface area (Å²) in [6.45, 7) is 5.79. The van der Waals surface area contributed by atoms with E-state index in [9.17, 15) is 14.4 Å². The minimum Gasteiger partial charge on any atom is -0.467 e. The highest BCUT2D eigenvalue weighted by atomic mass is 16.5. The van der Waals surface area contributed by atoms with Crippen LogP contribution < -0.4 is 10.6 Å². The molecule has 7 nitrogen and oxygen atoms in total. The van der Waals surface area contributed by atoms with Gasteiger partial charge < -0.3 is 20.3 Å². The van der Waals surface area contributed by atoms with Gasteiger partial charge in [-0.3, -0.25) is 4.79 Å². The molecule has 1 heterocycles. The fourth-order valence-corrected chi connectivity index (χ4v) is 4.45. The molecule has 0 radical (unpaired) electrons. The molecule has 0 bridgehead atoms. The number of carbonyl (C=O) groups excluding carboxylic acids is 3. The van der Waals surface area contributed by atoms with Crippen molar-refractivity contribution in [3.8, 4) is 11.1 Å². The number of benzene rings is 3. The molecule has 4 rings (SSSR count). The van der Waals surface area contributed by atoms with Gasteiger partial charge in [-0.1, -0.05) is 42.8 Å². The average molecular weight is 472 g/mol. The predicted octanol–water partition coefficient (Wildman–Crippen LogP) is 5.77. The van der Waals surface area contributed by atoms with Gasteiger partial charge in [0.15, 0.2) is 0 Å². The lowest BCUT2D eigenvalue weighted by atomic mass is 9.98. The number of fused-ring (bicyclic) bond motifs is 1. The third kappa shape index (κ3) is 4.89. The number of hydrogen-bond acceptors (Lipinski definition) is 4. The van der Waals surface area contributed by atoms with Crippen molar-refractivity contribution in [1.29, 1.82) is 0 Å². The molecule has 0 saturated carbocycles. The van der Waals surface area contributed by atoms with Gasteiger partial charge >= 0.3 is 12.0 Å². The molecule has 3 aromatic rings. The maximum Gasteiger partial charge on any atom is 0.328 e. The molecule has 3 aromatic carbocycles. The van der Waals surface area contributed by atoms with Crippen LogP contribution in [0.2, 0.25) is 0 Å². The molecule has 0 aliphatic carbocycles. The summed E-state index contributed by atoms with van der Waals surface area (Å²) >= 11 is 0. The molecule has 3 amide bonds. The quantitative estimate of drug-likeness (QED) is 0.447. The minimum atomic E-state index is -0.616. The zero-order chi connectivity index (χ0) is 25.1. The van der Waals surface area contributed by atoms with Gasteiger partial charge in [-0.25, -0.2) is 9.59 Å². The van der Waals surface area contributed by atoms with E-state index in [0.29, 0.717) is 17.7 Å². The molecule has 2 unspecified atom stereocenters. The Kier molecular flexibility index (Phi) is 6.87. The highest BCUT2D eigenvalue weighted by Crippen LogP contribution is 2.38. The van der Waals surface area contributed by atoms with Crippen LogP contribution in [0.1, 0.15) is 47.8 Å². The Hall–Kier alpha value is -4.13. The first-order valence-electron chi connectivity index (χ1n) is 11.6. The molecule has 7 heteroatoms. The Morgan fingerprint density at radius 3 is 2.09 bits per heavy atom. The van der Waals surface area contributed by atoms with E-state index < -0.39 is 12.0 Å². The Morgan fingerprint density at radius 2 is 1.51 bits per heavy atom. The lowest BCUT2D eigenvalue weighted by Crippen LogP contribution is -2.43. The second-order valence-corrected chi connectivity index (χ2v) is 8.66. The summed E-state index contributed by atoms with van der Waals surface area (Å²) in [5, 5.41) is 5.65. The molecule has 2 N–H and O–H groups in total. The van der Waals surface area contributed by atoms with E-state index in [4.69, 9.17) is 4.74 Å². The highest BCUT2D eigenvalue weighted by molar-refractivity contribution is 6.02. The van der Waals surface area contributed by atoms with E-state index in [1.807, 2.05) is 87.5 Å². The topological polar surface area (TPSA) is 87.7 Å². The summed E-state index contributed by atoms with van der Waals surface area (Å²) in [5.74, 6) is -0.564. The third-order valence-electron chi connectivity index (χ3n) is 6.37. The fourth-order valence-electron chi connectivity index (χ4n) is 4.45. The normalized spacial score (nSPS) is 15.4. The number of hydrogen-bond donors (Lipinski definition) is 2. The first-order valence-corrected chi connectivity index (χ1v) is 11.6. The fraction of sp³-hybridized carbons (Fsp3) is 0.250. The second kappa shape index (κ2) is 10.0. The van der Waals surface area contributed by atoms with Gasteiger partial charge in [-0.05, 0) is 73.4 Å². The zero-order valence-electron chi connectivity index (χ0n) is 20.3. The van der Waals surface area contributed by atoms with Crippen LogP contribution in [-0.2, 0) is 9.53 Å². The molecular formula is C28H29N3O4. The summed E-state index contributed by atoms with van der Waals surface area (Å²) < 4.78 is 4.91. The summed E-state index contributed by atoms with van der Waals surface area (Å²) in [5.41, 5.74) is 5.90. The van der Waals surface area contributed by atoms with Crippen LogP contribution in [0.25, 0.3) is 11.1 Å². The smallest absolute Gasteiger partial charge is 0.328 e. The van der Waals surface area contributed by atoms with Crippen molar-refractivity contribution in [3.05, 3.63) is 83.4 Å². The molecule has 35 heavy (non-hydrogen) atoms. The number of urea groups is 1. The number of rotatable bonds is 6. The van der Waals surface area contributed by atoms with Crippen molar-refractivity contribution in [3.63, 3.8) is 0 Å². The molecule has 0 spiro atoms. The largest absolute Gasteiger partial charge is 0.467 e. The van der Waals surface area contributed by atoms with Gasteiger partial charge in [0.1, 0.15) is 6.04 Å². The molecule has 0 aromatic heterocycles. The molecule has 2 atom stereocenters. The van der Waals surface area contributed by atoms with Crippen LogP contribution in [0.15, 0.2) is 66.7 Å². The van der Waals surface area contributed by atoms with E-state index in [-0.39, 0.29) is 18.0 Å². The summed E-state index contributed by atoms with van der Waals surface area (Å²) in [4.78, 5) is 39.2. The minimum absolute atomic E-state index is 0.157. The Bertz CT molecular complexity index is 1250. The van der Waals surface area contributed by atoms with Crippen molar-refractivity contribution in [2.75, 3.05) is 17.7 Å². The Balaban J connectivity index is 1.48. The van der Waals surface area contributed by atoms with E-state index in [1.165, 1.54) is 7.11 Å². The van der Waals surface area contributed by atoms with Gasteiger partial charge in [0.25, 0.3) is 5.91 Å². The zero-order valence-corrected chi connectivity index (χ0v) is 20.3. The lowest BCUT2D eigenvalue weighted by Gasteiger charge is -2.29. The van der Waals surface area contributed by atoms with Crippen LogP contribution in [0.4, 0.5) is 16.2 Å². The number of aryl methyl sites for hydroxylation is 1. The van der Waals surface area contributed by atoms with Crippen LogP contribution >= 0.6 is 0 Å². The molecule has 1 aliphatic rings. The van der Waals surface area contributed by atoms with E-state index in [1.54, 1.807) is 4.90 Å². The average Bonchev–Trinajstić information content (AvgIpc) is 3.11. The predicted molar refractivity (Wildman–Crippen MR) is 136 cm³/mol. The van der Waals surface area contributed by atoms with Gasteiger partial charge in [0.2, 0.25) is 0 Å². The van der Waals surface area contributed by atoms with Crippen molar-refractivity contribution >= 4 is 29.3 Å². The van der Waals surface area contributed by atoms with Crippen molar-refractivity contribution in [1.82, 2.24) is 4.90 Å². The van der Waals surface area contributed by atoms with Gasteiger partial charge in [0.05, 0.1) is 13.2 Å². The number of nitrogens with zero attached hydrogens (tertiary/aromatic N) is 1. The SMILES string of the molecule is CCC(C(=O)OC)N1C(=O)c2ccc(-c3ccc(NC(=O)Nc4ccc(C)cc4)cc3)cc2C1C. The molecule has 180 valence electrons. The number of ether oxygens (including phenoxy) is 1. The van der Waals surface area contributed by atoms with Gasteiger partial charge in [-0.15, -0.1) is 0 Å². The Labute approximate surface area is 205 Å². The van der Waals surface area contributed by atoms with E-state index in [2.05, 4.69) is 10.6 Å². The van der Waals surface area contributed by atoms with Crippen molar-refractivity contribution in [2.24, 2.45) is 0 Å². The first kappa shape index (κ1) is 24.0. The van der Waals surface area contributed by atoms with Crippen LogP contribution in [0.5, 0.6) is 0 Å². The molecule has 0 saturated heterocycles. The second-order valence-electron chi connectivity index (χ2n) is 8.66. The van der Waals surface area contributed by atoms with Crippen molar-refractivity contribution < 1.29 is 19.1 Å². The number of amides is 3. The molecule has 1 aliphatic heterocycles. The number of carbonyl (C=O) groups is 3. The van der Waals surface area contributed by atoms with E-state index >= 15 is 0 Å². The summed E-state index contributed by atoms with van der Waals surface area (Å²) in [6, 6.07) is 19.6. The molecule has 0 fully saturated rings. The number of anilines is 2. The van der Waals surface area contributed by atoms with Crippen LogP contribution in [0.3, 0.4) is 0 Å². The van der Waals surface area contributed by atoms with Gasteiger partial charge in [-0.2, -0.15) is 0 Å². The van der Waals surface area contributed by atoms with E-state index in [0.717, 1.165) is 27.9 Å². The standard InChI is InChI=1S/C28H29N3O4/c1-5-25(27(33)35-4)31-18(3)24-16-20(10-15-23(24)26(31)32)19-8-13-22(14-9-19)30-28(34)29-21-11-6-17(2)7-12-21/h6-16,18,25H,5H2,1-4H3,(H2,29,30,34). The van der Waals surface area contributed by atoms with Crippen LogP contribution in [0, 0.1) is 6.92 Å². The Morgan fingerprint density at radius 1 is 0.943 bits per heavy atom. The monoisotopic (exact) mass is 471 g/mol.